The summed E-state index contributed by atoms with van der Waals surface area (Å²) in [4.78, 5) is 21.0. The van der Waals surface area contributed by atoms with E-state index in [1.807, 2.05) is 6.07 Å². The van der Waals surface area contributed by atoms with Gasteiger partial charge in [0.05, 0.1) is 11.3 Å². The predicted octanol–water partition coefficient (Wildman–Crippen LogP) is 4.24. The van der Waals surface area contributed by atoms with E-state index in [0.29, 0.717) is 16.9 Å². The third kappa shape index (κ3) is 3.25. The monoisotopic (exact) mass is 361 g/mol. The van der Waals surface area contributed by atoms with E-state index in [1.54, 1.807) is 36.7 Å². The maximum absolute atomic E-state index is 14.3. The second-order valence-electron chi connectivity index (χ2n) is 5.85. The molecule has 27 heavy (non-hydrogen) atoms. The highest BCUT2D eigenvalue weighted by Crippen LogP contribution is 2.24. The molecule has 4 nitrogen and oxygen atoms in total. The number of hydrogen-bond acceptors (Lipinski definition) is 3. The van der Waals surface area contributed by atoms with Gasteiger partial charge >= 0.3 is 0 Å². The second-order valence-corrected chi connectivity index (χ2v) is 5.85. The van der Waals surface area contributed by atoms with E-state index in [-0.39, 0.29) is 11.1 Å². The van der Waals surface area contributed by atoms with Gasteiger partial charge in [0.2, 0.25) is 5.95 Å². The molecule has 0 aliphatic rings. The van der Waals surface area contributed by atoms with Gasteiger partial charge in [-0.1, -0.05) is 6.07 Å². The zero-order valence-electron chi connectivity index (χ0n) is 14.0. The molecule has 3 aromatic heterocycles. The Balaban J connectivity index is 2.01. The lowest BCUT2D eigenvalue weighted by atomic mass is 10.0. The Kier molecular flexibility index (Phi) is 4.30. The summed E-state index contributed by atoms with van der Waals surface area (Å²) < 4.78 is 28.9. The van der Waals surface area contributed by atoms with Crippen LogP contribution < -0.4 is 5.56 Å². The van der Waals surface area contributed by atoms with Crippen LogP contribution in [-0.2, 0) is 0 Å². The molecule has 0 atom stereocenters. The molecule has 6 heteroatoms. The van der Waals surface area contributed by atoms with E-state index < -0.39 is 17.3 Å². The summed E-state index contributed by atoms with van der Waals surface area (Å²) in [7, 11) is 0. The summed E-state index contributed by atoms with van der Waals surface area (Å²) in [5.74, 6) is -1.15. The average molecular weight is 361 g/mol. The number of benzene rings is 1. The summed E-state index contributed by atoms with van der Waals surface area (Å²) in [6, 6.07) is 15.5. The van der Waals surface area contributed by atoms with Crippen LogP contribution in [0.4, 0.5) is 8.78 Å². The number of hydrogen-bond donors (Lipinski definition) is 0. The summed E-state index contributed by atoms with van der Waals surface area (Å²) in [6.45, 7) is 0. The molecule has 0 N–H and O–H groups in total. The molecule has 0 radical (unpaired) electrons. The van der Waals surface area contributed by atoms with Crippen LogP contribution in [0.15, 0.2) is 84.0 Å². The molecular weight excluding hydrogens is 348 g/mol. The largest absolute Gasteiger partial charge is 0.283 e. The highest BCUT2D eigenvalue weighted by molar-refractivity contribution is 5.70. The first kappa shape index (κ1) is 16.8. The van der Waals surface area contributed by atoms with E-state index in [2.05, 4.69) is 9.97 Å². The van der Waals surface area contributed by atoms with Crippen molar-refractivity contribution in [2.45, 2.75) is 0 Å². The molecule has 0 amide bonds. The number of aromatic nitrogens is 3. The normalized spacial score (nSPS) is 10.7. The van der Waals surface area contributed by atoms with Gasteiger partial charge in [-0.2, -0.15) is 4.39 Å². The lowest BCUT2D eigenvalue weighted by Gasteiger charge is -2.12. The van der Waals surface area contributed by atoms with Crippen molar-refractivity contribution in [1.29, 1.82) is 0 Å². The quantitative estimate of drug-likeness (QED) is 0.513. The molecule has 3 heterocycles. The van der Waals surface area contributed by atoms with Gasteiger partial charge in [0, 0.05) is 35.4 Å². The fourth-order valence-electron chi connectivity index (χ4n) is 2.83. The van der Waals surface area contributed by atoms with Crippen LogP contribution >= 0.6 is 0 Å². The Labute approximate surface area is 153 Å². The minimum absolute atomic E-state index is 0.0937. The topological polar surface area (TPSA) is 47.8 Å². The van der Waals surface area contributed by atoms with Crippen LogP contribution in [0.25, 0.3) is 28.1 Å². The Morgan fingerprint density at radius 3 is 2.30 bits per heavy atom. The molecule has 1 aromatic carbocycles. The van der Waals surface area contributed by atoms with Gasteiger partial charge in [0.25, 0.3) is 5.56 Å². The lowest BCUT2D eigenvalue weighted by Crippen LogP contribution is -2.20. The van der Waals surface area contributed by atoms with E-state index >= 15 is 0 Å². The summed E-state index contributed by atoms with van der Waals surface area (Å²) in [5, 5.41) is 0. The van der Waals surface area contributed by atoms with Gasteiger partial charge in [-0.15, -0.1) is 0 Å². The van der Waals surface area contributed by atoms with Crippen molar-refractivity contribution in [2.24, 2.45) is 0 Å². The van der Waals surface area contributed by atoms with Crippen LogP contribution in [0.2, 0.25) is 0 Å². The third-order valence-corrected chi connectivity index (χ3v) is 4.13. The van der Waals surface area contributed by atoms with E-state index in [9.17, 15) is 13.6 Å². The molecule has 0 aliphatic carbocycles. The molecule has 0 spiro atoms. The van der Waals surface area contributed by atoms with Crippen molar-refractivity contribution in [3.63, 3.8) is 0 Å². The minimum atomic E-state index is -0.738. The highest BCUT2D eigenvalue weighted by atomic mass is 19.1. The van der Waals surface area contributed by atoms with Crippen LogP contribution in [0.1, 0.15) is 0 Å². The Morgan fingerprint density at radius 1 is 0.815 bits per heavy atom. The average Bonchev–Trinajstić information content (AvgIpc) is 2.70. The zero-order valence-corrected chi connectivity index (χ0v) is 14.0. The molecule has 0 saturated carbocycles. The van der Waals surface area contributed by atoms with Crippen LogP contribution in [0, 0.1) is 11.8 Å². The van der Waals surface area contributed by atoms with E-state index in [1.165, 1.54) is 41.1 Å². The molecule has 0 bridgehead atoms. The predicted molar refractivity (Wildman–Crippen MR) is 98.4 cm³/mol. The fraction of sp³-hybridized carbons (Fsp3) is 0. The minimum Gasteiger partial charge on any atom is -0.283 e. The van der Waals surface area contributed by atoms with Gasteiger partial charge in [-0.25, -0.2) is 9.37 Å². The van der Waals surface area contributed by atoms with Gasteiger partial charge in [0.1, 0.15) is 5.82 Å². The number of halogens is 2. The van der Waals surface area contributed by atoms with E-state index in [0.717, 1.165) is 0 Å². The first-order valence-electron chi connectivity index (χ1n) is 8.18. The molecular formula is C21H13F2N3O. The SMILES string of the molecule is O=c1c(-c2cccnc2F)cc(-c2ccccn2)cn1-c1ccc(F)cc1. The van der Waals surface area contributed by atoms with Crippen LogP contribution in [-0.4, -0.2) is 14.5 Å². The zero-order chi connectivity index (χ0) is 18.8. The van der Waals surface area contributed by atoms with Gasteiger partial charge < -0.3 is 0 Å². The number of pyridine rings is 3. The smallest absolute Gasteiger partial charge is 0.263 e. The molecule has 0 unspecified atom stereocenters. The van der Waals surface area contributed by atoms with Crippen LogP contribution in [0.3, 0.4) is 0 Å². The maximum Gasteiger partial charge on any atom is 0.263 e. The molecule has 0 fully saturated rings. The standard InChI is InChI=1S/C21H13F2N3O/c22-15-6-8-16(9-7-15)26-13-14(19-5-1-2-10-24-19)12-18(21(26)27)17-4-3-11-25-20(17)23/h1-13H. The van der Waals surface area contributed by atoms with Crippen molar-refractivity contribution in [1.82, 2.24) is 14.5 Å². The lowest BCUT2D eigenvalue weighted by molar-refractivity contribution is 0.587. The third-order valence-electron chi connectivity index (χ3n) is 4.13. The number of rotatable bonds is 3. The Morgan fingerprint density at radius 2 is 1.59 bits per heavy atom. The van der Waals surface area contributed by atoms with Crippen molar-refractivity contribution < 1.29 is 8.78 Å². The summed E-state index contributed by atoms with van der Waals surface area (Å²) >= 11 is 0. The fourth-order valence-corrected chi connectivity index (χ4v) is 2.83. The van der Waals surface area contributed by atoms with Crippen LogP contribution in [0.5, 0.6) is 0 Å². The van der Waals surface area contributed by atoms with Crippen molar-refractivity contribution in [3.05, 3.63) is 101 Å². The molecule has 0 saturated heterocycles. The maximum atomic E-state index is 14.3. The van der Waals surface area contributed by atoms with Crippen molar-refractivity contribution in [2.75, 3.05) is 0 Å². The molecule has 4 aromatic rings. The van der Waals surface area contributed by atoms with Gasteiger partial charge in [0.15, 0.2) is 0 Å². The highest BCUT2D eigenvalue weighted by Gasteiger charge is 2.15. The molecule has 132 valence electrons. The van der Waals surface area contributed by atoms with Gasteiger partial charge in [-0.3, -0.25) is 14.3 Å². The van der Waals surface area contributed by atoms with Crippen molar-refractivity contribution >= 4 is 0 Å². The Hall–Kier alpha value is -3.67. The van der Waals surface area contributed by atoms with Gasteiger partial charge in [-0.05, 0) is 54.6 Å². The second kappa shape index (κ2) is 6.92. The molecule has 0 aliphatic heterocycles. The number of nitrogens with zero attached hydrogens (tertiary/aromatic N) is 3. The first-order valence-corrected chi connectivity index (χ1v) is 8.18. The molecule has 4 rings (SSSR count). The van der Waals surface area contributed by atoms with Crippen molar-refractivity contribution in [3.8, 4) is 28.1 Å². The first-order chi connectivity index (χ1) is 13.1. The van der Waals surface area contributed by atoms with E-state index in [4.69, 9.17) is 0 Å². The summed E-state index contributed by atoms with van der Waals surface area (Å²) in [5.41, 5.74) is 1.51. The Bertz CT molecular complexity index is 1160. The summed E-state index contributed by atoms with van der Waals surface area (Å²) in [6.07, 6.45) is 4.56.